The van der Waals surface area contributed by atoms with Crippen LogP contribution in [-0.2, 0) is 0 Å². The molecule has 12 heavy (non-hydrogen) atoms. The lowest BCUT2D eigenvalue weighted by molar-refractivity contribution is 0.156. The van der Waals surface area contributed by atoms with Gasteiger partial charge in [-0.2, -0.15) is 0 Å². The molecule has 0 aromatic carbocycles. The van der Waals surface area contributed by atoms with Gasteiger partial charge in [0.2, 0.25) is 0 Å². The minimum absolute atomic E-state index is 0.0654. The lowest BCUT2D eigenvalue weighted by Gasteiger charge is -2.10. The van der Waals surface area contributed by atoms with Crippen molar-refractivity contribution in [1.29, 1.82) is 0 Å². The first-order chi connectivity index (χ1) is 5.66. The third kappa shape index (κ3) is 8.02. The lowest BCUT2D eigenvalue weighted by atomic mass is 10.1. The third-order valence-corrected chi connectivity index (χ3v) is 2.11. The van der Waals surface area contributed by atoms with Crippen LogP contribution in [0.1, 0.15) is 39.0 Å². The fourth-order valence-corrected chi connectivity index (χ4v) is 1.19. The van der Waals surface area contributed by atoms with E-state index in [-0.39, 0.29) is 6.10 Å². The van der Waals surface area contributed by atoms with Gasteiger partial charge in [-0.1, -0.05) is 19.8 Å². The molecule has 0 aliphatic heterocycles. The van der Waals surface area contributed by atoms with Gasteiger partial charge < -0.3 is 10.0 Å². The molecule has 0 radical (unpaired) electrons. The maximum absolute atomic E-state index is 9.26. The lowest BCUT2D eigenvalue weighted by Crippen LogP contribution is -2.13. The molecule has 2 heteroatoms. The number of hydrogen-bond acceptors (Lipinski definition) is 2. The van der Waals surface area contributed by atoms with Crippen LogP contribution in [-0.4, -0.2) is 36.8 Å². The summed E-state index contributed by atoms with van der Waals surface area (Å²) in [4.78, 5) is 2.20. The van der Waals surface area contributed by atoms with Gasteiger partial charge in [-0.15, -0.1) is 0 Å². The van der Waals surface area contributed by atoms with E-state index in [0.717, 1.165) is 12.8 Å². The predicted molar refractivity (Wildman–Crippen MR) is 53.3 cm³/mol. The molecule has 0 spiro atoms. The number of nitrogens with zero attached hydrogens (tertiary/aromatic N) is 1. The number of aliphatic hydroxyl groups excluding tert-OH is 1. The molecule has 0 aliphatic rings. The summed E-state index contributed by atoms with van der Waals surface area (Å²) in [6, 6.07) is 0. The van der Waals surface area contributed by atoms with Crippen LogP contribution in [0.2, 0.25) is 0 Å². The van der Waals surface area contributed by atoms with Crippen molar-refractivity contribution in [3.63, 3.8) is 0 Å². The maximum Gasteiger partial charge on any atom is 0.0537 e. The Morgan fingerprint density at radius 2 is 1.83 bits per heavy atom. The molecule has 2 nitrogen and oxygen atoms in total. The smallest absolute Gasteiger partial charge is 0.0537 e. The largest absolute Gasteiger partial charge is 0.393 e. The summed E-state index contributed by atoms with van der Waals surface area (Å²) in [6.45, 7) is 3.20. The van der Waals surface area contributed by atoms with Crippen molar-refractivity contribution in [1.82, 2.24) is 4.90 Å². The minimum Gasteiger partial charge on any atom is -0.393 e. The van der Waals surface area contributed by atoms with Crippen LogP contribution in [0.3, 0.4) is 0 Å². The Kier molecular flexibility index (Phi) is 7.51. The molecule has 0 rings (SSSR count). The normalized spacial score (nSPS) is 13.8. The van der Waals surface area contributed by atoms with E-state index in [0.29, 0.717) is 0 Å². The summed E-state index contributed by atoms with van der Waals surface area (Å²) in [5.74, 6) is 0. The summed E-state index contributed by atoms with van der Waals surface area (Å²) in [7, 11) is 4.20. The van der Waals surface area contributed by atoms with Gasteiger partial charge in [0.25, 0.3) is 0 Å². The predicted octanol–water partition coefficient (Wildman–Crippen LogP) is 1.88. The number of rotatable bonds is 7. The van der Waals surface area contributed by atoms with Gasteiger partial charge in [0.1, 0.15) is 0 Å². The third-order valence-electron chi connectivity index (χ3n) is 2.11. The van der Waals surface area contributed by atoms with E-state index in [2.05, 4.69) is 19.0 Å². The van der Waals surface area contributed by atoms with Crippen LogP contribution in [0.4, 0.5) is 0 Å². The highest BCUT2D eigenvalue weighted by atomic mass is 16.3. The average Bonchev–Trinajstić information content (AvgIpc) is 2.03. The Morgan fingerprint density at radius 1 is 1.17 bits per heavy atom. The van der Waals surface area contributed by atoms with E-state index in [1.807, 2.05) is 6.92 Å². The molecule has 0 amide bonds. The highest BCUT2D eigenvalue weighted by Gasteiger charge is 1.99. The highest BCUT2D eigenvalue weighted by Crippen LogP contribution is 2.05. The zero-order valence-electron chi connectivity index (χ0n) is 8.71. The van der Waals surface area contributed by atoms with Gasteiger partial charge in [-0.3, -0.25) is 0 Å². The van der Waals surface area contributed by atoms with Gasteiger partial charge >= 0.3 is 0 Å². The van der Waals surface area contributed by atoms with Crippen LogP contribution in [0.5, 0.6) is 0 Å². The van der Waals surface area contributed by atoms with Gasteiger partial charge in [0.15, 0.2) is 0 Å². The van der Waals surface area contributed by atoms with Crippen molar-refractivity contribution in [2.75, 3.05) is 20.6 Å². The Morgan fingerprint density at radius 3 is 2.33 bits per heavy atom. The van der Waals surface area contributed by atoms with Crippen LogP contribution in [0, 0.1) is 0 Å². The molecule has 0 bridgehead atoms. The molecule has 0 aromatic heterocycles. The van der Waals surface area contributed by atoms with Crippen molar-refractivity contribution >= 4 is 0 Å². The molecule has 1 unspecified atom stereocenters. The minimum atomic E-state index is -0.0654. The number of aliphatic hydroxyl groups is 1. The molecular weight excluding hydrogens is 150 g/mol. The highest BCUT2D eigenvalue weighted by molar-refractivity contribution is 4.53. The maximum atomic E-state index is 9.26. The van der Waals surface area contributed by atoms with E-state index in [9.17, 15) is 5.11 Å². The summed E-state index contributed by atoms with van der Waals surface area (Å²) in [6.07, 6.45) is 5.48. The van der Waals surface area contributed by atoms with Gasteiger partial charge in [0, 0.05) is 0 Å². The van der Waals surface area contributed by atoms with Crippen molar-refractivity contribution in [2.45, 2.75) is 45.1 Å². The fourth-order valence-electron chi connectivity index (χ4n) is 1.19. The zero-order valence-corrected chi connectivity index (χ0v) is 8.71. The molecule has 0 aromatic rings. The second-order valence-corrected chi connectivity index (χ2v) is 3.71. The Balaban J connectivity index is 3.00. The second kappa shape index (κ2) is 7.56. The molecule has 74 valence electrons. The first kappa shape index (κ1) is 11.9. The van der Waals surface area contributed by atoms with Crippen LogP contribution in [0.25, 0.3) is 0 Å². The Bertz CT molecular complexity index is 93.8. The van der Waals surface area contributed by atoms with E-state index < -0.39 is 0 Å². The first-order valence-electron chi connectivity index (χ1n) is 4.99. The molecule has 0 saturated heterocycles. The van der Waals surface area contributed by atoms with Gasteiger partial charge in [0.05, 0.1) is 6.10 Å². The van der Waals surface area contributed by atoms with Crippen LogP contribution < -0.4 is 0 Å². The first-order valence-corrected chi connectivity index (χ1v) is 4.99. The fraction of sp³-hybridized carbons (Fsp3) is 1.00. The summed E-state index contributed by atoms with van der Waals surface area (Å²) >= 11 is 0. The SMILES string of the molecule is CCC(O)CCCCCN(C)C. The monoisotopic (exact) mass is 173 g/mol. The van der Waals surface area contributed by atoms with Crippen molar-refractivity contribution in [3.8, 4) is 0 Å². The quantitative estimate of drug-likeness (QED) is 0.594. The summed E-state index contributed by atoms with van der Waals surface area (Å²) in [5.41, 5.74) is 0. The zero-order chi connectivity index (χ0) is 9.40. The second-order valence-electron chi connectivity index (χ2n) is 3.71. The van der Waals surface area contributed by atoms with Crippen molar-refractivity contribution < 1.29 is 5.11 Å². The molecule has 1 N–H and O–H groups in total. The molecule has 0 saturated carbocycles. The molecule has 0 heterocycles. The number of unbranched alkanes of at least 4 members (excludes halogenated alkanes) is 2. The molecule has 0 fully saturated rings. The van der Waals surface area contributed by atoms with Crippen LogP contribution in [0.15, 0.2) is 0 Å². The van der Waals surface area contributed by atoms with E-state index in [4.69, 9.17) is 0 Å². The van der Waals surface area contributed by atoms with Crippen LogP contribution >= 0.6 is 0 Å². The molecule has 0 aliphatic carbocycles. The van der Waals surface area contributed by atoms with Crippen molar-refractivity contribution in [3.05, 3.63) is 0 Å². The molecular formula is C10H23NO. The van der Waals surface area contributed by atoms with E-state index in [1.54, 1.807) is 0 Å². The number of hydrogen-bond donors (Lipinski definition) is 1. The van der Waals surface area contributed by atoms with E-state index in [1.165, 1.54) is 25.8 Å². The summed E-state index contributed by atoms with van der Waals surface area (Å²) in [5, 5.41) is 9.26. The van der Waals surface area contributed by atoms with Gasteiger partial charge in [-0.25, -0.2) is 0 Å². The Labute approximate surface area is 76.6 Å². The average molecular weight is 173 g/mol. The standard InChI is InChI=1S/C10H23NO/c1-4-10(12)8-6-5-7-9-11(2)3/h10,12H,4-9H2,1-3H3. The molecule has 1 atom stereocenters. The summed E-state index contributed by atoms with van der Waals surface area (Å²) < 4.78 is 0. The topological polar surface area (TPSA) is 23.5 Å². The van der Waals surface area contributed by atoms with E-state index >= 15 is 0 Å². The van der Waals surface area contributed by atoms with Gasteiger partial charge in [-0.05, 0) is 39.9 Å². The van der Waals surface area contributed by atoms with Crippen molar-refractivity contribution in [2.24, 2.45) is 0 Å². The Hall–Kier alpha value is -0.0800.